The van der Waals surface area contributed by atoms with E-state index in [2.05, 4.69) is 11.6 Å². The highest BCUT2D eigenvalue weighted by Crippen LogP contribution is 2.16. The number of aliphatic hydroxyl groups is 1. The molecule has 1 N–H and O–H groups in total. The van der Waals surface area contributed by atoms with Crippen molar-refractivity contribution in [3.63, 3.8) is 0 Å². The minimum atomic E-state index is -0.733. The molecule has 25 heavy (non-hydrogen) atoms. The molecule has 0 unspecified atom stereocenters. The average molecular weight is 354 g/mol. The van der Waals surface area contributed by atoms with E-state index in [-0.39, 0.29) is 12.4 Å². The number of hydrogen-bond acceptors (Lipinski definition) is 4. The highest BCUT2D eigenvalue weighted by atomic mass is 32.1. The fraction of sp³-hybridized carbons (Fsp3) is 0.250. The van der Waals surface area contributed by atoms with Crippen molar-refractivity contribution in [2.75, 3.05) is 6.54 Å². The SMILES string of the molecule is C=CCN=C([S-])[C@@H](C(=O)c1ccc(C)c(C)c1)[n+]1cccc(CO)c1. The molecule has 2 rings (SSSR count). The van der Waals surface area contributed by atoms with Crippen LogP contribution in [0.4, 0.5) is 0 Å². The number of carbonyl (C=O) groups excluding carboxylic acids is 1. The van der Waals surface area contributed by atoms with Crippen LogP contribution in [-0.2, 0) is 19.2 Å². The first-order valence-electron chi connectivity index (χ1n) is 8.02. The standard InChI is InChI=1S/C20H22N2O2S/c1-4-9-21-20(25)18(22-10-5-6-16(12-22)13-23)19(24)17-8-7-14(2)15(3)11-17/h4-8,10-12,18,23H,1,9,13H2,2-3H3/t18-/m1/s1. The summed E-state index contributed by atoms with van der Waals surface area (Å²) in [5.74, 6) is -0.124. The largest absolute Gasteiger partial charge is 0.758 e. The van der Waals surface area contributed by atoms with Crippen LogP contribution in [0.25, 0.3) is 0 Å². The number of Topliss-reactive ketones (excluding diaryl/α,β-unsaturated/α-hetero) is 1. The van der Waals surface area contributed by atoms with Crippen molar-refractivity contribution in [2.24, 2.45) is 4.99 Å². The highest BCUT2D eigenvalue weighted by Gasteiger charge is 2.28. The molecule has 130 valence electrons. The third kappa shape index (κ3) is 4.59. The summed E-state index contributed by atoms with van der Waals surface area (Å²) in [4.78, 5) is 17.4. The van der Waals surface area contributed by atoms with Crippen molar-refractivity contribution in [3.8, 4) is 0 Å². The van der Waals surface area contributed by atoms with Crippen molar-refractivity contribution in [2.45, 2.75) is 26.5 Å². The molecule has 0 radical (unpaired) electrons. The molecule has 4 nitrogen and oxygen atoms in total. The van der Waals surface area contributed by atoms with Gasteiger partial charge in [-0.1, -0.05) is 18.2 Å². The van der Waals surface area contributed by atoms with Gasteiger partial charge in [0.2, 0.25) is 11.8 Å². The molecule has 0 fully saturated rings. The van der Waals surface area contributed by atoms with Gasteiger partial charge in [-0.2, -0.15) is 4.57 Å². The number of rotatable bonds is 7. The molecule has 0 saturated heterocycles. The number of aliphatic hydroxyl groups excluding tert-OH is 1. The van der Waals surface area contributed by atoms with E-state index in [1.807, 2.05) is 32.0 Å². The second-order valence-corrected chi connectivity index (χ2v) is 6.27. The maximum absolute atomic E-state index is 13.2. The second kappa shape index (κ2) is 8.65. The second-order valence-electron chi connectivity index (χ2n) is 5.85. The molecule has 5 heteroatoms. The zero-order chi connectivity index (χ0) is 18.4. The molecule has 0 aliphatic heterocycles. The molecule has 0 bridgehead atoms. The lowest BCUT2D eigenvalue weighted by molar-refractivity contribution is -0.692. The predicted molar refractivity (Wildman–Crippen MR) is 102 cm³/mol. The number of carbonyl (C=O) groups is 1. The summed E-state index contributed by atoms with van der Waals surface area (Å²) >= 11 is 5.42. The number of pyridine rings is 1. The van der Waals surface area contributed by atoms with Crippen LogP contribution in [0.15, 0.2) is 60.4 Å². The quantitative estimate of drug-likeness (QED) is 0.208. The van der Waals surface area contributed by atoms with Gasteiger partial charge >= 0.3 is 0 Å². The summed E-state index contributed by atoms with van der Waals surface area (Å²) < 4.78 is 1.71. The Morgan fingerprint density at radius 1 is 1.36 bits per heavy atom. The fourth-order valence-corrected chi connectivity index (χ4v) is 2.77. The first-order chi connectivity index (χ1) is 12.0. The monoisotopic (exact) mass is 354 g/mol. The number of benzene rings is 1. The first-order valence-corrected chi connectivity index (χ1v) is 8.43. The zero-order valence-electron chi connectivity index (χ0n) is 14.5. The Bertz CT molecular complexity index is 815. The minimum Gasteiger partial charge on any atom is -0.758 e. The van der Waals surface area contributed by atoms with Gasteiger partial charge in [0, 0.05) is 17.2 Å². The van der Waals surface area contributed by atoms with Crippen LogP contribution < -0.4 is 4.57 Å². The fourth-order valence-electron chi connectivity index (χ4n) is 2.47. The Morgan fingerprint density at radius 3 is 2.76 bits per heavy atom. The van der Waals surface area contributed by atoms with Crippen LogP contribution in [0.5, 0.6) is 0 Å². The molecular weight excluding hydrogens is 332 g/mol. The van der Waals surface area contributed by atoms with Crippen LogP contribution in [0.3, 0.4) is 0 Å². The van der Waals surface area contributed by atoms with Crippen LogP contribution in [0, 0.1) is 13.8 Å². The molecular formula is C20H22N2O2S. The summed E-state index contributed by atoms with van der Waals surface area (Å²) in [5, 5.41) is 9.67. The number of aliphatic imine (C=N–C) groups is 1. The maximum atomic E-state index is 13.2. The van der Waals surface area contributed by atoms with E-state index < -0.39 is 6.04 Å². The average Bonchev–Trinajstić information content (AvgIpc) is 2.62. The third-order valence-corrected chi connectivity index (χ3v) is 4.37. The minimum absolute atomic E-state index is 0.109. The molecule has 0 spiro atoms. The van der Waals surface area contributed by atoms with Gasteiger partial charge in [0.25, 0.3) is 0 Å². The number of aromatic nitrogens is 1. The summed E-state index contributed by atoms with van der Waals surface area (Å²) in [7, 11) is 0. The van der Waals surface area contributed by atoms with Crippen molar-refractivity contribution in [3.05, 3.63) is 77.6 Å². The van der Waals surface area contributed by atoms with Gasteiger partial charge in [-0.15, -0.1) is 6.58 Å². The number of ketones is 1. The zero-order valence-corrected chi connectivity index (χ0v) is 15.3. The van der Waals surface area contributed by atoms with Gasteiger partial charge < -0.3 is 22.7 Å². The van der Waals surface area contributed by atoms with E-state index in [9.17, 15) is 9.90 Å². The molecule has 1 aromatic carbocycles. The van der Waals surface area contributed by atoms with Gasteiger partial charge in [0.15, 0.2) is 12.4 Å². The lowest BCUT2D eigenvalue weighted by Gasteiger charge is -2.19. The van der Waals surface area contributed by atoms with E-state index in [1.54, 1.807) is 35.2 Å². The van der Waals surface area contributed by atoms with E-state index in [4.69, 9.17) is 12.6 Å². The first kappa shape index (κ1) is 19.0. The van der Waals surface area contributed by atoms with Crippen LogP contribution in [-0.4, -0.2) is 22.5 Å². The molecule has 2 aromatic rings. The van der Waals surface area contributed by atoms with Gasteiger partial charge in [-0.25, -0.2) is 0 Å². The Labute approximate surface area is 154 Å². The van der Waals surface area contributed by atoms with Crippen molar-refractivity contribution in [1.82, 2.24) is 0 Å². The third-order valence-electron chi connectivity index (χ3n) is 4.01. The molecule has 0 saturated carbocycles. The molecule has 0 aliphatic rings. The van der Waals surface area contributed by atoms with Crippen LogP contribution >= 0.6 is 0 Å². The number of hydrogen-bond donors (Lipinski definition) is 1. The topological polar surface area (TPSA) is 53.5 Å². The van der Waals surface area contributed by atoms with Gasteiger partial charge in [-0.3, -0.25) is 4.79 Å². The van der Waals surface area contributed by atoms with Crippen molar-refractivity contribution in [1.29, 1.82) is 0 Å². The summed E-state index contributed by atoms with van der Waals surface area (Å²) in [5.41, 5.74) is 3.47. The summed E-state index contributed by atoms with van der Waals surface area (Å²) in [6.07, 6.45) is 5.12. The Morgan fingerprint density at radius 2 is 2.12 bits per heavy atom. The Kier molecular flexibility index (Phi) is 6.56. The maximum Gasteiger partial charge on any atom is 0.237 e. The summed E-state index contributed by atoms with van der Waals surface area (Å²) in [6, 6.07) is 8.45. The lowest BCUT2D eigenvalue weighted by atomic mass is 9.99. The molecule has 0 aliphatic carbocycles. The van der Waals surface area contributed by atoms with E-state index in [1.165, 1.54) is 0 Å². The van der Waals surface area contributed by atoms with Crippen LogP contribution in [0.1, 0.15) is 33.1 Å². The van der Waals surface area contributed by atoms with Gasteiger partial charge in [0.1, 0.15) is 0 Å². The molecule has 1 atom stereocenters. The Hall–Kier alpha value is -2.37. The van der Waals surface area contributed by atoms with Crippen molar-refractivity contribution >= 4 is 23.5 Å². The molecule has 0 amide bonds. The highest BCUT2D eigenvalue weighted by molar-refractivity contribution is 7.77. The predicted octanol–water partition coefficient (Wildman–Crippen LogP) is 2.64. The van der Waals surface area contributed by atoms with E-state index in [0.717, 1.165) is 11.1 Å². The Balaban J connectivity index is 2.51. The van der Waals surface area contributed by atoms with E-state index >= 15 is 0 Å². The van der Waals surface area contributed by atoms with Gasteiger partial charge in [0.05, 0.1) is 13.2 Å². The van der Waals surface area contributed by atoms with E-state index in [0.29, 0.717) is 22.7 Å². The van der Waals surface area contributed by atoms with Gasteiger partial charge in [-0.05, 0) is 42.2 Å². The van der Waals surface area contributed by atoms with Crippen molar-refractivity contribution < 1.29 is 14.5 Å². The molecule has 1 heterocycles. The normalized spacial score (nSPS) is 12.7. The smallest absolute Gasteiger partial charge is 0.237 e. The molecule has 1 aromatic heterocycles. The number of aryl methyl sites for hydroxylation is 2. The number of nitrogens with zero attached hydrogens (tertiary/aromatic N) is 2. The summed E-state index contributed by atoms with van der Waals surface area (Å²) in [6.45, 7) is 7.86. The van der Waals surface area contributed by atoms with Crippen LogP contribution in [0.2, 0.25) is 0 Å². The lowest BCUT2D eigenvalue weighted by Crippen LogP contribution is -2.48.